The Bertz CT molecular complexity index is 561. The van der Waals surface area contributed by atoms with Crippen molar-refractivity contribution in [3.05, 3.63) is 35.4 Å². The lowest BCUT2D eigenvalue weighted by atomic mass is 10.1. The summed E-state index contributed by atoms with van der Waals surface area (Å²) in [6.07, 6.45) is 3.50. The number of primary amides is 1. The van der Waals surface area contributed by atoms with Crippen molar-refractivity contribution in [1.82, 2.24) is 16.0 Å². The second kappa shape index (κ2) is 13.5. The first kappa shape index (κ1) is 23.2. The third-order valence-electron chi connectivity index (χ3n) is 3.40. The van der Waals surface area contributed by atoms with E-state index in [1.807, 2.05) is 12.1 Å². The summed E-state index contributed by atoms with van der Waals surface area (Å²) in [6.45, 7) is 3.51. The Morgan fingerprint density at radius 1 is 1.08 bits per heavy atom. The molecule has 0 saturated heterocycles. The predicted molar refractivity (Wildman–Crippen MR) is 111 cm³/mol. The van der Waals surface area contributed by atoms with E-state index in [2.05, 4.69) is 27.9 Å². The third-order valence-corrected chi connectivity index (χ3v) is 3.40. The second-order valence-corrected chi connectivity index (χ2v) is 5.41. The van der Waals surface area contributed by atoms with Crippen molar-refractivity contribution in [3.63, 3.8) is 0 Å². The molecule has 0 spiro atoms. The predicted octanol–water partition coefficient (Wildman–Crippen LogP) is 1.37. The van der Waals surface area contributed by atoms with Gasteiger partial charge in [0.1, 0.15) is 0 Å². The number of nitrogens with zero attached hydrogens (tertiary/aromatic N) is 1. The summed E-state index contributed by atoms with van der Waals surface area (Å²) in [5.74, 6) is -0.127. The number of rotatable bonds is 9. The van der Waals surface area contributed by atoms with Crippen LogP contribution in [0.15, 0.2) is 29.3 Å². The topological polar surface area (TPSA) is 109 Å². The highest BCUT2D eigenvalue weighted by molar-refractivity contribution is 14.0. The smallest absolute Gasteiger partial charge is 0.251 e. The Morgan fingerprint density at radius 2 is 1.76 bits per heavy atom. The maximum absolute atomic E-state index is 11.8. The van der Waals surface area contributed by atoms with Gasteiger partial charge in [-0.05, 0) is 24.1 Å². The van der Waals surface area contributed by atoms with E-state index < -0.39 is 5.91 Å². The molecule has 0 aromatic heterocycles. The van der Waals surface area contributed by atoms with Crippen molar-refractivity contribution in [2.75, 3.05) is 20.1 Å². The fraction of sp³-hybridized carbons (Fsp3) is 0.471. The molecule has 0 aliphatic carbocycles. The number of nitrogens with one attached hydrogen (secondary N) is 3. The first-order chi connectivity index (χ1) is 11.6. The number of amides is 2. The van der Waals surface area contributed by atoms with Gasteiger partial charge in [-0.3, -0.25) is 14.6 Å². The van der Waals surface area contributed by atoms with Crippen LogP contribution in [0.5, 0.6) is 0 Å². The number of unbranched alkanes of at least 4 members (excludes halogenated alkanes) is 2. The molecule has 0 atom stereocenters. The quantitative estimate of drug-likeness (QED) is 0.193. The number of benzene rings is 1. The molecule has 7 nitrogen and oxygen atoms in total. The summed E-state index contributed by atoms with van der Waals surface area (Å²) < 4.78 is 0. The van der Waals surface area contributed by atoms with Crippen LogP contribution in [0, 0.1) is 0 Å². The summed E-state index contributed by atoms with van der Waals surface area (Å²) >= 11 is 0. The number of hydrogen-bond donors (Lipinski definition) is 4. The number of carbonyl (C=O) groups excluding carboxylic acids is 2. The molecule has 8 heteroatoms. The average molecular weight is 461 g/mol. The number of hydrogen-bond acceptors (Lipinski definition) is 3. The largest absolute Gasteiger partial charge is 0.368 e. The van der Waals surface area contributed by atoms with E-state index in [0.29, 0.717) is 12.1 Å². The van der Waals surface area contributed by atoms with Gasteiger partial charge in [0.25, 0.3) is 5.91 Å². The molecule has 25 heavy (non-hydrogen) atoms. The Kier molecular flexibility index (Phi) is 12.5. The van der Waals surface area contributed by atoms with Gasteiger partial charge in [-0.2, -0.15) is 0 Å². The zero-order chi connectivity index (χ0) is 17.8. The number of carbonyl (C=O) groups is 2. The van der Waals surface area contributed by atoms with Crippen molar-refractivity contribution >= 4 is 41.8 Å². The third kappa shape index (κ3) is 9.90. The van der Waals surface area contributed by atoms with Gasteiger partial charge in [-0.15, -0.1) is 24.0 Å². The number of halogens is 1. The van der Waals surface area contributed by atoms with Crippen LogP contribution in [0.1, 0.15) is 42.1 Å². The lowest BCUT2D eigenvalue weighted by molar-refractivity contribution is -0.117. The molecule has 0 aliphatic heterocycles. The summed E-state index contributed by atoms with van der Waals surface area (Å²) in [5.41, 5.74) is 6.51. The van der Waals surface area contributed by atoms with Crippen LogP contribution in [-0.4, -0.2) is 37.9 Å². The minimum absolute atomic E-state index is 0. The number of nitrogens with two attached hydrogens (primary N) is 1. The van der Waals surface area contributed by atoms with Crippen molar-refractivity contribution in [2.45, 2.75) is 32.7 Å². The highest BCUT2D eigenvalue weighted by Crippen LogP contribution is 2.04. The van der Waals surface area contributed by atoms with E-state index in [9.17, 15) is 9.59 Å². The SMILES string of the molecule is CCCCCNC(=NC)NCc1ccc(C(=O)NCC(N)=O)cc1.I. The lowest BCUT2D eigenvalue weighted by Crippen LogP contribution is -2.37. The van der Waals surface area contributed by atoms with Gasteiger partial charge in [0, 0.05) is 25.7 Å². The van der Waals surface area contributed by atoms with Gasteiger partial charge in [-0.25, -0.2) is 0 Å². The van der Waals surface area contributed by atoms with Gasteiger partial charge in [-0.1, -0.05) is 31.9 Å². The van der Waals surface area contributed by atoms with Crippen molar-refractivity contribution in [2.24, 2.45) is 10.7 Å². The van der Waals surface area contributed by atoms with Crippen LogP contribution < -0.4 is 21.7 Å². The molecule has 2 amide bonds. The summed E-state index contributed by atoms with van der Waals surface area (Å²) in [7, 11) is 1.74. The van der Waals surface area contributed by atoms with Crippen LogP contribution in [-0.2, 0) is 11.3 Å². The van der Waals surface area contributed by atoms with E-state index in [1.54, 1.807) is 19.2 Å². The molecule has 0 radical (unpaired) electrons. The van der Waals surface area contributed by atoms with Crippen LogP contribution in [0.3, 0.4) is 0 Å². The molecule has 0 saturated carbocycles. The average Bonchev–Trinajstić information content (AvgIpc) is 2.59. The van der Waals surface area contributed by atoms with Gasteiger partial charge < -0.3 is 21.7 Å². The number of aliphatic imine (C=N–C) groups is 1. The summed E-state index contributed by atoms with van der Waals surface area (Å²) in [5, 5.41) is 8.94. The molecule has 0 fully saturated rings. The van der Waals surface area contributed by atoms with Gasteiger partial charge in [0.2, 0.25) is 5.91 Å². The molecule has 0 heterocycles. The Labute approximate surface area is 166 Å². The van der Waals surface area contributed by atoms with Gasteiger partial charge in [0.05, 0.1) is 6.54 Å². The Balaban J connectivity index is 0.00000576. The Hall–Kier alpha value is -1.84. The zero-order valence-electron chi connectivity index (χ0n) is 14.8. The molecule has 140 valence electrons. The molecular formula is C17H28IN5O2. The first-order valence-electron chi connectivity index (χ1n) is 8.16. The molecule has 1 aromatic carbocycles. The summed E-state index contributed by atoms with van der Waals surface area (Å²) in [4.78, 5) is 26.6. The van der Waals surface area contributed by atoms with Crippen molar-refractivity contribution in [3.8, 4) is 0 Å². The molecule has 1 aromatic rings. The van der Waals surface area contributed by atoms with Gasteiger partial charge in [0.15, 0.2) is 5.96 Å². The molecule has 1 rings (SSSR count). The first-order valence-corrected chi connectivity index (χ1v) is 8.16. The highest BCUT2D eigenvalue weighted by atomic mass is 127. The molecular weight excluding hydrogens is 433 g/mol. The van der Waals surface area contributed by atoms with Crippen LogP contribution in [0.25, 0.3) is 0 Å². The standard InChI is InChI=1S/C17H27N5O2.HI/c1-3-4-5-10-20-17(19-2)22-11-13-6-8-14(9-7-13)16(24)21-12-15(18)23;/h6-9H,3-5,10-12H2,1-2H3,(H2,18,23)(H,21,24)(H2,19,20,22);1H. The van der Waals surface area contributed by atoms with E-state index in [4.69, 9.17) is 5.73 Å². The van der Waals surface area contributed by atoms with Crippen molar-refractivity contribution in [1.29, 1.82) is 0 Å². The van der Waals surface area contributed by atoms with Gasteiger partial charge >= 0.3 is 0 Å². The fourth-order valence-corrected chi connectivity index (χ4v) is 2.03. The van der Waals surface area contributed by atoms with Crippen LogP contribution >= 0.6 is 24.0 Å². The monoisotopic (exact) mass is 461 g/mol. The van der Waals surface area contributed by atoms with Crippen molar-refractivity contribution < 1.29 is 9.59 Å². The molecule has 0 unspecified atom stereocenters. The highest BCUT2D eigenvalue weighted by Gasteiger charge is 2.06. The van der Waals surface area contributed by atoms with Crippen LogP contribution in [0.2, 0.25) is 0 Å². The minimum atomic E-state index is -0.568. The number of guanidine groups is 1. The molecule has 0 aliphatic rings. The zero-order valence-corrected chi connectivity index (χ0v) is 17.1. The van der Waals surface area contributed by atoms with E-state index in [0.717, 1.165) is 24.5 Å². The van der Waals surface area contributed by atoms with Crippen LogP contribution in [0.4, 0.5) is 0 Å². The molecule has 0 bridgehead atoms. The normalized spacial score (nSPS) is 10.6. The summed E-state index contributed by atoms with van der Waals surface area (Å²) in [6, 6.07) is 7.14. The maximum Gasteiger partial charge on any atom is 0.251 e. The van der Waals surface area contributed by atoms with E-state index >= 15 is 0 Å². The molecule has 5 N–H and O–H groups in total. The minimum Gasteiger partial charge on any atom is -0.368 e. The second-order valence-electron chi connectivity index (χ2n) is 5.41. The lowest BCUT2D eigenvalue weighted by Gasteiger charge is -2.12. The Morgan fingerprint density at radius 3 is 2.32 bits per heavy atom. The van der Waals surface area contributed by atoms with E-state index in [-0.39, 0.29) is 36.4 Å². The fourth-order valence-electron chi connectivity index (χ4n) is 2.03. The maximum atomic E-state index is 11.8. The van der Waals surface area contributed by atoms with E-state index in [1.165, 1.54) is 12.8 Å².